The highest BCUT2D eigenvalue weighted by molar-refractivity contribution is 6.05. The van der Waals surface area contributed by atoms with Crippen LogP contribution in [0.4, 0.5) is 0 Å². The largest absolute Gasteiger partial charge is 0.436 e. The molecule has 3 aromatic heterocycles. The first kappa shape index (κ1) is 16.1. The second kappa shape index (κ2) is 6.50. The van der Waals surface area contributed by atoms with Crippen LogP contribution in [0.25, 0.3) is 33.5 Å². The molecule has 0 saturated carbocycles. The van der Waals surface area contributed by atoms with Crippen molar-refractivity contribution in [1.29, 1.82) is 0 Å². The van der Waals surface area contributed by atoms with Crippen LogP contribution in [0.1, 0.15) is 24.3 Å². The summed E-state index contributed by atoms with van der Waals surface area (Å²) in [6.07, 6.45) is 8.02. The normalized spacial score (nSPS) is 15.5. The van der Waals surface area contributed by atoms with E-state index in [9.17, 15) is 0 Å². The first-order valence-corrected chi connectivity index (χ1v) is 8.42. The minimum atomic E-state index is 0. The Balaban J connectivity index is 0.00000157. The van der Waals surface area contributed by atoms with E-state index in [1.807, 2.05) is 18.2 Å². The lowest BCUT2D eigenvalue weighted by atomic mass is 9.90. The third-order valence-corrected chi connectivity index (χ3v) is 4.92. The topological polar surface area (TPSA) is 66.7 Å². The van der Waals surface area contributed by atoms with Crippen LogP contribution in [0.2, 0.25) is 0 Å². The molecule has 25 heavy (non-hydrogen) atoms. The van der Waals surface area contributed by atoms with Crippen molar-refractivity contribution in [2.24, 2.45) is 0 Å². The van der Waals surface area contributed by atoms with Gasteiger partial charge in [-0.3, -0.25) is 4.98 Å². The number of hydrogen-bond donors (Lipinski definition) is 2. The summed E-state index contributed by atoms with van der Waals surface area (Å²) in [7, 11) is 0. The molecule has 4 heterocycles. The van der Waals surface area contributed by atoms with E-state index in [0.717, 1.165) is 48.1 Å². The Morgan fingerprint density at radius 1 is 1.12 bits per heavy atom. The molecular formula is C19H19ClN4O. The first-order valence-electron chi connectivity index (χ1n) is 8.42. The molecule has 1 aliphatic heterocycles. The highest BCUT2D eigenvalue weighted by Gasteiger charge is 2.21. The molecule has 128 valence electrons. The lowest BCUT2D eigenvalue weighted by Crippen LogP contribution is -2.26. The molecule has 5 rings (SSSR count). The van der Waals surface area contributed by atoms with Gasteiger partial charge in [0.15, 0.2) is 5.58 Å². The van der Waals surface area contributed by atoms with E-state index in [4.69, 9.17) is 9.40 Å². The number of H-pyrrole nitrogens is 1. The molecule has 1 aromatic carbocycles. The average molecular weight is 355 g/mol. The summed E-state index contributed by atoms with van der Waals surface area (Å²) in [5.74, 6) is 1.20. The summed E-state index contributed by atoms with van der Waals surface area (Å²) in [5, 5.41) is 4.64. The molecule has 0 aliphatic carbocycles. The molecule has 1 fully saturated rings. The van der Waals surface area contributed by atoms with Crippen LogP contribution in [-0.4, -0.2) is 28.0 Å². The minimum absolute atomic E-state index is 0. The number of piperidine rings is 1. The summed E-state index contributed by atoms with van der Waals surface area (Å²) in [6.45, 7) is 2.15. The van der Waals surface area contributed by atoms with Crippen LogP contribution in [-0.2, 0) is 0 Å². The molecule has 0 spiro atoms. The van der Waals surface area contributed by atoms with Gasteiger partial charge in [-0.25, -0.2) is 4.98 Å². The van der Waals surface area contributed by atoms with Gasteiger partial charge in [0.05, 0.1) is 5.56 Å². The molecular weight excluding hydrogens is 336 g/mol. The molecule has 0 unspecified atom stereocenters. The zero-order chi connectivity index (χ0) is 15.9. The van der Waals surface area contributed by atoms with Gasteiger partial charge in [-0.1, -0.05) is 0 Å². The summed E-state index contributed by atoms with van der Waals surface area (Å²) in [4.78, 5) is 12.4. The predicted molar refractivity (Wildman–Crippen MR) is 101 cm³/mol. The maximum atomic E-state index is 6.00. The fourth-order valence-corrected chi connectivity index (χ4v) is 3.70. The van der Waals surface area contributed by atoms with E-state index in [-0.39, 0.29) is 12.4 Å². The van der Waals surface area contributed by atoms with Gasteiger partial charge in [-0.05, 0) is 61.7 Å². The van der Waals surface area contributed by atoms with Crippen molar-refractivity contribution >= 4 is 34.4 Å². The number of benzene rings is 1. The Morgan fingerprint density at radius 2 is 2.00 bits per heavy atom. The van der Waals surface area contributed by atoms with Gasteiger partial charge in [-0.2, -0.15) is 0 Å². The van der Waals surface area contributed by atoms with Gasteiger partial charge in [0.2, 0.25) is 5.89 Å². The molecule has 1 saturated heterocycles. The second-order valence-electron chi connectivity index (χ2n) is 6.36. The monoisotopic (exact) mass is 354 g/mol. The zero-order valence-corrected chi connectivity index (χ0v) is 14.5. The Bertz CT molecular complexity index is 1000. The lowest BCUT2D eigenvalue weighted by Gasteiger charge is -2.22. The van der Waals surface area contributed by atoms with Crippen molar-refractivity contribution < 1.29 is 4.42 Å². The SMILES string of the molecule is Cl.c1cncc(-c2nc3c(ccc4[nH]cc(C5CCNCC5)c43)o2)c1. The lowest BCUT2D eigenvalue weighted by molar-refractivity contribution is 0.462. The van der Waals surface area contributed by atoms with Crippen molar-refractivity contribution in [3.63, 3.8) is 0 Å². The highest BCUT2D eigenvalue weighted by atomic mass is 35.5. The van der Waals surface area contributed by atoms with Gasteiger partial charge >= 0.3 is 0 Å². The van der Waals surface area contributed by atoms with Crippen molar-refractivity contribution in [2.45, 2.75) is 18.8 Å². The van der Waals surface area contributed by atoms with Gasteiger partial charge in [0.1, 0.15) is 5.52 Å². The van der Waals surface area contributed by atoms with E-state index in [1.54, 1.807) is 12.4 Å². The number of pyridine rings is 1. The number of halogens is 1. The fraction of sp³-hybridized carbons (Fsp3) is 0.263. The maximum Gasteiger partial charge on any atom is 0.228 e. The van der Waals surface area contributed by atoms with E-state index in [0.29, 0.717) is 11.8 Å². The van der Waals surface area contributed by atoms with Crippen LogP contribution in [0.5, 0.6) is 0 Å². The van der Waals surface area contributed by atoms with E-state index >= 15 is 0 Å². The fourth-order valence-electron chi connectivity index (χ4n) is 3.70. The molecule has 2 N–H and O–H groups in total. The van der Waals surface area contributed by atoms with Gasteiger partial charge < -0.3 is 14.7 Å². The molecule has 5 nitrogen and oxygen atoms in total. The number of aromatic nitrogens is 3. The Labute approximate surface area is 151 Å². The summed E-state index contributed by atoms with van der Waals surface area (Å²) >= 11 is 0. The number of nitrogens with one attached hydrogen (secondary N) is 2. The Morgan fingerprint density at radius 3 is 2.80 bits per heavy atom. The average Bonchev–Trinajstić information content (AvgIpc) is 3.27. The maximum absolute atomic E-state index is 6.00. The van der Waals surface area contributed by atoms with Gasteiger partial charge in [-0.15, -0.1) is 12.4 Å². The van der Waals surface area contributed by atoms with Crippen molar-refractivity contribution in [1.82, 2.24) is 20.3 Å². The molecule has 0 amide bonds. The first-order chi connectivity index (χ1) is 11.9. The van der Waals surface area contributed by atoms with E-state index in [2.05, 4.69) is 27.5 Å². The number of rotatable bonds is 2. The molecule has 4 aromatic rings. The van der Waals surface area contributed by atoms with Crippen molar-refractivity contribution in [2.75, 3.05) is 13.1 Å². The van der Waals surface area contributed by atoms with Gasteiger partial charge in [0, 0.05) is 29.5 Å². The number of oxazole rings is 1. The molecule has 6 heteroatoms. The summed E-state index contributed by atoms with van der Waals surface area (Å²) in [5.41, 5.74) is 5.17. The molecule has 0 bridgehead atoms. The summed E-state index contributed by atoms with van der Waals surface area (Å²) < 4.78 is 6.00. The molecule has 1 aliphatic rings. The van der Waals surface area contributed by atoms with Crippen LogP contribution in [0.3, 0.4) is 0 Å². The van der Waals surface area contributed by atoms with Gasteiger partial charge in [0.25, 0.3) is 0 Å². The second-order valence-corrected chi connectivity index (χ2v) is 6.36. The van der Waals surface area contributed by atoms with E-state index in [1.165, 1.54) is 10.9 Å². The van der Waals surface area contributed by atoms with Crippen LogP contribution in [0, 0.1) is 0 Å². The van der Waals surface area contributed by atoms with Crippen LogP contribution >= 0.6 is 12.4 Å². The predicted octanol–water partition coefficient (Wildman–Crippen LogP) is 4.26. The Kier molecular flexibility index (Phi) is 4.19. The van der Waals surface area contributed by atoms with Crippen molar-refractivity contribution in [3.8, 4) is 11.5 Å². The standard InChI is InChI=1S/C19H18N4O.ClH/c1-2-13(10-21-7-1)19-23-18-16(24-19)4-3-15-17(18)14(11-22-15)12-5-8-20-9-6-12;/h1-4,7,10-12,20,22H,5-6,8-9H2;1H. The molecule has 0 radical (unpaired) electrons. The number of hydrogen-bond acceptors (Lipinski definition) is 4. The smallest absolute Gasteiger partial charge is 0.228 e. The van der Waals surface area contributed by atoms with Crippen molar-refractivity contribution in [3.05, 3.63) is 48.4 Å². The Hall–Kier alpha value is -2.37. The third kappa shape index (κ3) is 2.69. The van der Waals surface area contributed by atoms with E-state index < -0.39 is 0 Å². The van der Waals surface area contributed by atoms with Crippen LogP contribution in [0.15, 0.2) is 47.3 Å². The third-order valence-electron chi connectivity index (χ3n) is 4.92. The minimum Gasteiger partial charge on any atom is -0.436 e. The molecule has 0 atom stereocenters. The number of nitrogens with zero attached hydrogens (tertiary/aromatic N) is 2. The summed E-state index contributed by atoms with van der Waals surface area (Å²) in [6, 6.07) is 7.95. The quantitative estimate of drug-likeness (QED) is 0.564. The van der Waals surface area contributed by atoms with Crippen LogP contribution < -0.4 is 5.32 Å². The zero-order valence-electron chi connectivity index (χ0n) is 13.7. The number of fused-ring (bicyclic) bond motifs is 3. The highest BCUT2D eigenvalue weighted by Crippen LogP contribution is 2.36. The number of aromatic amines is 1.